The summed E-state index contributed by atoms with van der Waals surface area (Å²) in [6, 6.07) is 48.9. The van der Waals surface area contributed by atoms with Gasteiger partial charge in [0.2, 0.25) is 0 Å². The topological polar surface area (TPSA) is 9.72 Å². The van der Waals surface area contributed by atoms with E-state index in [1.807, 2.05) is 0 Å². The highest BCUT2D eigenvalue weighted by molar-refractivity contribution is 7.00. The van der Waals surface area contributed by atoms with Gasteiger partial charge in [-0.05, 0) is 137 Å². The van der Waals surface area contributed by atoms with Crippen LogP contribution in [0.25, 0.3) is 0 Å². The van der Waals surface area contributed by atoms with Crippen molar-refractivity contribution in [1.82, 2.24) is 0 Å². The van der Waals surface area contributed by atoms with Crippen molar-refractivity contribution in [3.63, 3.8) is 0 Å². The molecule has 0 saturated heterocycles. The molecule has 6 aromatic rings. The average molecular weight is 718 g/mol. The SMILES string of the molecule is Cc1cc2c3c(c1)N(c1ccc(C(C)(C)C)cc1)c1cc(N4c5ccc(C(C)(C)C)cc5C5(C)CCC45C)ccc1B3c1ccccc1N2c1ccccc1. The summed E-state index contributed by atoms with van der Waals surface area (Å²) in [7, 11) is 0. The molecule has 3 nitrogen and oxygen atoms in total. The van der Waals surface area contributed by atoms with Crippen LogP contribution in [-0.2, 0) is 16.2 Å². The predicted octanol–water partition coefficient (Wildman–Crippen LogP) is 11.6. The van der Waals surface area contributed by atoms with E-state index in [4.69, 9.17) is 0 Å². The van der Waals surface area contributed by atoms with Crippen LogP contribution < -0.4 is 31.1 Å². The minimum absolute atomic E-state index is 0.00319. The Balaban J connectivity index is 1.23. The number of hydrogen-bond acceptors (Lipinski definition) is 3. The van der Waals surface area contributed by atoms with Crippen LogP contribution in [0.4, 0.5) is 45.5 Å². The van der Waals surface area contributed by atoms with Crippen molar-refractivity contribution in [3.05, 3.63) is 150 Å². The van der Waals surface area contributed by atoms with Crippen molar-refractivity contribution < 1.29 is 0 Å². The quantitative estimate of drug-likeness (QED) is 0.169. The highest BCUT2D eigenvalue weighted by Crippen LogP contribution is 2.65. The summed E-state index contributed by atoms with van der Waals surface area (Å²) in [6.45, 7) is 21.3. The van der Waals surface area contributed by atoms with Gasteiger partial charge in [-0.3, -0.25) is 0 Å². The molecule has 0 aromatic heterocycles. The third-order valence-electron chi connectivity index (χ3n) is 13.9. The van der Waals surface area contributed by atoms with E-state index in [0.29, 0.717) is 0 Å². The third-order valence-corrected chi connectivity index (χ3v) is 13.9. The van der Waals surface area contributed by atoms with Gasteiger partial charge < -0.3 is 14.7 Å². The van der Waals surface area contributed by atoms with Gasteiger partial charge in [0, 0.05) is 50.9 Å². The van der Waals surface area contributed by atoms with Crippen molar-refractivity contribution in [2.45, 2.75) is 96.9 Å². The molecule has 1 fully saturated rings. The van der Waals surface area contributed by atoms with Crippen molar-refractivity contribution in [2.24, 2.45) is 0 Å². The number of fused-ring (bicyclic) bond motifs is 7. The van der Waals surface area contributed by atoms with Crippen molar-refractivity contribution in [2.75, 3.05) is 14.7 Å². The maximum Gasteiger partial charge on any atom is 0.252 e. The van der Waals surface area contributed by atoms with E-state index in [9.17, 15) is 0 Å². The first-order valence-corrected chi connectivity index (χ1v) is 20.3. The maximum atomic E-state index is 2.71. The molecule has 10 rings (SSSR count). The number of hydrogen-bond donors (Lipinski definition) is 0. The van der Waals surface area contributed by atoms with Crippen molar-refractivity contribution >= 4 is 68.6 Å². The molecule has 0 amide bonds. The van der Waals surface area contributed by atoms with E-state index in [1.165, 1.54) is 97.0 Å². The molecule has 2 unspecified atom stereocenters. The normalized spacial score (nSPS) is 20.7. The Bertz CT molecular complexity index is 2520. The van der Waals surface area contributed by atoms with Crippen LogP contribution in [0.15, 0.2) is 127 Å². The Morgan fingerprint density at radius 2 is 1.09 bits per heavy atom. The summed E-state index contributed by atoms with van der Waals surface area (Å²) in [5.74, 6) is 0. The van der Waals surface area contributed by atoms with Gasteiger partial charge in [0.25, 0.3) is 6.71 Å². The lowest BCUT2D eigenvalue weighted by Crippen LogP contribution is -2.62. The van der Waals surface area contributed by atoms with Crippen LogP contribution >= 0.6 is 0 Å². The lowest BCUT2D eigenvalue weighted by atomic mass is 9.33. The molecular formula is C51H52BN3. The van der Waals surface area contributed by atoms with Gasteiger partial charge in [-0.15, -0.1) is 0 Å². The number of rotatable bonds is 3. The zero-order valence-corrected chi connectivity index (χ0v) is 34.0. The summed E-state index contributed by atoms with van der Waals surface area (Å²) in [5.41, 5.74) is 19.9. The minimum Gasteiger partial charge on any atom is -0.334 e. The minimum atomic E-state index is 0.00319. The van der Waals surface area contributed by atoms with E-state index >= 15 is 0 Å². The molecule has 0 N–H and O–H groups in total. The number of anilines is 8. The fraction of sp³-hybridized carbons (Fsp3) is 0.294. The molecule has 0 spiro atoms. The summed E-state index contributed by atoms with van der Waals surface area (Å²) >= 11 is 0. The summed E-state index contributed by atoms with van der Waals surface area (Å²) in [4.78, 5) is 7.78. The molecule has 55 heavy (non-hydrogen) atoms. The molecule has 1 aliphatic carbocycles. The van der Waals surface area contributed by atoms with Gasteiger partial charge >= 0.3 is 0 Å². The maximum absolute atomic E-state index is 2.71. The number of benzene rings is 6. The Morgan fingerprint density at radius 3 is 1.75 bits per heavy atom. The number of para-hydroxylation sites is 2. The van der Waals surface area contributed by atoms with Gasteiger partial charge in [-0.2, -0.15) is 0 Å². The molecule has 3 heterocycles. The molecule has 274 valence electrons. The molecule has 0 bridgehead atoms. The fourth-order valence-electron chi connectivity index (χ4n) is 10.4. The predicted molar refractivity (Wildman–Crippen MR) is 236 cm³/mol. The van der Waals surface area contributed by atoms with Crippen LogP contribution in [0, 0.1) is 6.92 Å². The first-order valence-electron chi connectivity index (χ1n) is 20.3. The molecule has 4 heteroatoms. The molecule has 2 atom stereocenters. The summed E-state index contributed by atoms with van der Waals surface area (Å²) < 4.78 is 0. The molecule has 3 aliphatic heterocycles. The standard InChI is InChI=1S/C51H52BN3/c1-33-29-45-47-46(30-33)54(37-22-19-34(20-23-37)48(2,3)4)44-32-38(55-42-26-21-35(49(5,6)7)31-39(42)50(8)27-28-51(50,55)9)24-25-41(44)52(47)40-17-13-14-18-43(40)53(45)36-15-11-10-12-16-36/h10-26,29-32H,27-28H2,1-9H3. The van der Waals surface area contributed by atoms with E-state index in [2.05, 4.69) is 204 Å². The second-order valence-corrected chi connectivity index (χ2v) is 19.2. The highest BCUT2D eigenvalue weighted by Gasteiger charge is 2.63. The Morgan fingerprint density at radius 1 is 0.509 bits per heavy atom. The number of aryl methyl sites for hydroxylation is 1. The third kappa shape index (κ3) is 4.76. The average Bonchev–Trinajstić information content (AvgIpc) is 3.28. The van der Waals surface area contributed by atoms with Crippen LogP contribution in [-0.4, -0.2) is 12.3 Å². The zero-order chi connectivity index (χ0) is 38.2. The van der Waals surface area contributed by atoms with E-state index in [-0.39, 0.29) is 28.5 Å². The Labute approximate surface area is 328 Å². The van der Waals surface area contributed by atoms with E-state index in [1.54, 1.807) is 0 Å². The van der Waals surface area contributed by atoms with Crippen LogP contribution in [0.5, 0.6) is 0 Å². The smallest absolute Gasteiger partial charge is 0.252 e. The van der Waals surface area contributed by atoms with E-state index < -0.39 is 0 Å². The van der Waals surface area contributed by atoms with Gasteiger partial charge in [0.1, 0.15) is 0 Å². The van der Waals surface area contributed by atoms with Gasteiger partial charge in [0.05, 0.1) is 5.54 Å². The van der Waals surface area contributed by atoms with Crippen molar-refractivity contribution in [3.8, 4) is 0 Å². The van der Waals surface area contributed by atoms with Gasteiger partial charge in [-0.25, -0.2) is 0 Å². The lowest BCUT2D eigenvalue weighted by molar-refractivity contribution is 0.133. The number of nitrogens with zero attached hydrogens (tertiary/aromatic N) is 3. The van der Waals surface area contributed by atoms with E-state index in [0.717, 1.165) is 0 Å². The monoisotopic (exact) mass is 717 g/mol. The summed E-state index contributed by atoms with van der Waals surface area (Å²) in [6.07, 6.45) is 2.39. The highest BCUT2D eigenvalue weighted by atomic mass is 15.3. The van der Waals surface area contributed by atoms with Crippen LogP contribution in [0.3, 0.4) is 0 Å². The second kappa shape index (κ2) is 11.4. The molecule has 4 aliphatic rings. The first kappa shape index (κ1) is 34.3. The molecular weight excluding hydrogens is 665 g/mol. The van der Waals surface area contributed by atoms with Crippen LogP contribution in [0.1, 0.15) is 90.5 Å². The second-order valence-electron chi connectivity index (χ2n) is 19.2. The lowest BCUT2D eigenvalue weighted by Gasteiger charge is -2.56. The van der Waals surface area contributed by atoms with Crippen molar-refractivity contribution in [1.29, 1.82) is 0 Å². The van der Waals surface area contributed by atoms with Crippen LogP contribution in [0.2, 0.25) is 0 Å². The van der Waals surface area contributed by atoms with Gasteiger partial charge in [-0.1, -0.05) is 115 Å². The summed E-state index contributed by atoms with van der Waals surface area (Å²) in [5, 5.41) is 0. The Kier molecular flexibility index (Phi) is 7.12. The molecule has 0 radical (unpaired) electrons. The first-order chi connectivity index (χ1) is 26.2. The van der Waals surface area contributed by atoms with Gasteiger partial charge in [0.15, 0.2) is 0 Å². The molecule has 1 saturated carbocycles. The fourth-order valence-corrected chi connectivity index (χ4v) is 10.4. The zero-order valence-electron chi connectivity index (χ0n) is 34.0. The largest absolute Gasteiger partial charge is 0.334 e. The Hall–Kier alpha value is -5.22. The molecule has 6 aromatic carbocycles.